The predicted octanol–water partition coefficient (Wildman–Crippen LogP) is 4.50. The second-order valence-electron chi connectivity index (χ2n) is 3.72. The Morgan fingerprint density at radius 3 is 2.64 bits per heavy atom. The first-order chi connectivity index (χ1) is 6.59. The zero-order chi connectivity index (χ0) is 10.3. The van der Waals surface area contributed by atoms with Gasteiger partial charge in [-0.3, -0.25) is 4.79 Å². The van der Waals surface area contributed by atoms with E-state index in [-0.39, 0.29) is 5.92 Å². The monoisotopic (exact) mass is 336 g/mol. The van der Waals surface area contributed by atoms with E-state index in [0.717, 1.165) is 13.1 Å². The van der Waals surface area contributed by atoms with Gasteiger partial charge in [-0.25, -0.2) is 0 Å². The van der Waals surface area contributed by atoms with E-state index in [1.807, 2.05) is 13.0 Å². The highest BCUT2D eigenvalue weighted by atomic mass is 79.9. The summed E-state index contributed by atoms with van der Waals surface area (Å²) >= 11 is 8.32. The quantitative estimate of drug-likeness (QED) is 0.742. The zero-order valence-corrected chi connectivity index (χ0v) is 11.7. The van der Waals surface area contributed by atoms with Crippen molar-refractivity contribution >= 4 is 49.0 Å². The number of halogens is 2. The molecule has 1 saturated carbocycles. The van der Waals surface area contributed by atoms with Gasteiger partial charge < -0.3 is 0 Å². The highest BCUT2D eigenvalue weighted by Gasteiger charge is 2.33. The molecule has 1 heterocycles. The van der Waals surface area contributed by atoms with Crippen molar-refractivity contribution in [3.05, 3.63) is 19.2 Å². The van der Waals surface area contributed by atoms with Crippen molar-refractivity contribution in [2.45, 2.75) is 19.8 Å². The summed E-state index contributed by atoms with van der Waals surface area (Å²) in [6.07, 6.45) is 2.45. The maximum atomic E-state index is 12.0. The lowest BCUT2D eigenvalue weighted by Crippen LogP contribution is -2.11. The minimum Gasteiger partial charge on any atom is -0.293 e. The fourth-order valence-electron chi connectivity index (χ4n) is 1.50. The van der Waals surface area contributed by atoms with Crippen molar-refractivity contribution < 1.29 is 4.79 Å². The highest BCUT2D eigenvalue weighted by molar-refractivity contribution is 9.13. The van der Waals surface area contributed by atoms with Gasteiger partial charge >= 0.3 is 0 Å². The van der Waals surface area contributed by atoms with Crippen LogP contribution in [0.15, 0.2) is 14.3 Å². The van der Waals surface area contributed by atoms with E-state index in [1.165, 1.54) is 24.2 Å². The summed E-state index contributed by atoms with van der Waals surface area (Å²) in [5.74, 6) is 1.14. The smallest absolute Gasteiger partial charge is 0.175 e. The van der Waals surface area contributed by atoms with Gasteiger partial charge in [-0.2, -0.15) is 0 Å². The van der Waals surface area contributed by atoms with E-state index in [4.69, 9.17) is 0 Å². The largest absolute Gasteiger partial charge is 0.293 e. The molecular weight excluding hydrogens is 328 g/mol. The van der Waals surface area contributed by atoms with Crippen LogP contribution < -0.4 is 0 Å². The molecule has 1 aromatic rings. The van der Waals surface area contributed by atoms with Gasteiger partial charge in [0.2, 0.25) is 0 Å². The fourth-order valence-corrected chi connectivity index (χ4v) is 3.58. The second kappa shape index (κ2) is 4.06. The number of ketones is 1. The molecule has 0 aromatic carbocycles. The Balaban J connectivity index is 2.17. The molecule has 0 spiro atoms. The molecule has 4 heteroatoms. The third-order valence-corrected chi connectivity index (χ3v) is 5.90. The van der Waals surface area contributed by atoms with Crippen molar-refractivity contribution in [3.63, 3.8) is 0 Å². The minimum absolute atomic E-state index is 0.201. The first-order valence-electron chi connectivity index (χ1n) is 4.58. The van der Waals surface area contributed by atoms with Gasteiger partial charge in [0.1, 0.15) is 0 Å². The summed E-state index contributed by atoms with van der Waals surface area (Å²) in [6.45, 7) is 2.04. The molecule has 0 saturated heterocycles. The molecule has 2 rings (SSSR count). The van der Waals surface area contributed by atoms with Gasteiger partial charge in [-0.1, -0.05) is 6.92 Å². The third-order valence-electron chi connectivity index (χ3n) is 2.63. The molecule has 0 aliphatic heterocycles. The third kappa shape index (κ3) is 2.12. The van der Waals surface area contributed by atoms with Gasteiger partial charge in [0.05, 0.1) is 8.66 Å². The number of thiophene rings is 1. The van der Waals surface area contributed by atoms with E-state index in [2.05, 4.69) is 31.9 Å². The predicted molar refractivity (Wildman–Crippen MR) is 65.9 cm³/mol. The van der Waals surface area contributed by atoms with Gasteiger partial charge in [0, 0.05) is 10.4 Å². The van der Waals surface area contributed by atoms with E-state index in [1.54, 1.807) is 0 Å². The van der Waals surface area contributed by atoms with Crippen LogP contribution in [0.4, 0.5) is 0 Å². The Labute approximate surface area is 104 Å². The Hall–Kier alpha value is 0.330. The highest BCUT2D eigenvalue weighted by Crippen LogP contribution is 2.40. The number of carbonyl (C=O) groups is 1. The van der Waals surface area contributed by atoms with Crippen molar-refractivity contribution in [1.82, 2.24) is 0 Å². The molecule has 0 radical (unpaired) electrons. The van der Waals surface area contributed by atoms with Crippen molar-refractivity contribution in [1.29, 1.82) is 0 Å². The van der Waals surface area contributed by atoms with Crippen molar-refractivity contribution in [2.75, 3.05) is 0 Å². The topological polar surface area (TPSA) is 17.1 Å². The molecule has 1 nitrogen and oxygen atoms in total. The van der Waals surface area contributed by atoms with Crippen molar-refractivity contribution in [2.24, 2.45) is 11.8 Å². The first-order valence-corrected chi connectivity index (χ1v) is 6.99. The maximum absolute atomic E-state index is 12.0. The first kappa shape index (κ1) is 10.8. The van der Waals surface area contributed by atoms with Crippen LogP contribution in [0, 0.1) is 11.8 Å². The van der Waals surface area contributed by atoms with E-state index >= 15 is 0 Å². The summed E-state index contributed by atoms with van der Waals surface area (Å²) < 4.78 is 1.98. The molecule has 0 N–H and O–H groups in total. The number of hydrogen-bond acceptors (Lipinski definition) is 2. The molecule has 1 aliphatic carbocycles. The van der Waals surface area contributed by atoms with Gasteiger partial charge in [-0.15, -0.1) is 11.3 Å². The normalized spacial score (nSPS) is 18.2. The summed E-state index contributed by atoms with van der Waals surface area (Å²) in [7, 11) is 0. The fraction of sp³-hybridized carbons (Fsp3) is 0.500. The van der Waals surface area contributed by atoms with Crippen LogP contribution >= 0.6 is 43.2 Å². The standard InChI is InChI=1S/C10H10Br2OS/c1-5(6-2-3-6)9(13)8-4-7(11)10(12)14-8/h4-6H,2-3H2,1H3. The summed E-state index contributed by atoms with van der Waals surface area (Å²) in [4.78, 5) is 12.8. The van der Waals surface area contributed by atoms with Crippen LogP contribution in [0.5, 0.6) is 0 Å². The van der Waals surface area contributed by atoms with Crippen LogP contribution in [0.25, 0.3) is 0 Å². The molecule has 14 heavy (non-hydrogen) atoms. The Bertz CT molecular complexity index is 349. The number of carbonyl (C=O) groups excluding carboxylic acids is 1. The molecule has 1 aromatic heterocycles. The van der Waals surface area contributed by atoms with E-state index in [0.29, 0.717) is 11.7 Å². The molecule has 76 valence electrons. The molecule has 1 atom stereocenters. The number of Topliss-reactive ketones (excluding diaryl/α,β-unsaturated/α-hetero) is 1. The lowest BCUT2D eigenvalue weighted by Gasteiger charge is -2.05. The zero-order valence-electron chi connectivity index (χ0n) is 7.72. The Kier molecular flexibility index (Phi) is 3.15. The molecule has 1 aliphatic rings. The van der Waals surface area contributed by atoms with Gasteiger partial charge in [0.15, 0.2) is 5.78 Å². The van der Waals surface area contributed by atoms with Crippen LogP contribution in [-0.2, 0) is 0 Å². The van der Waals surface area contributed by atoms with E-state index in [9.17, 15) is 4.79 Å². The Morgan fingerprint density at radius 1 is 1.57 bits per heavy atom. The SMILES string of the molecule is CC(C(=O)c1cc(Br)c(Br)s1)C1CC1. The number of rotatable bonds is 3. The average molecular weight is 338 g/mol. The van der Waals surface area contributed by atoms with Crippen LogP contribution in [-0.4, -0.2) is 5.78 Å². The molecule has 0 bridgehead atoms. The van der Waals surface area contributed by atoms with Crippen LogP contribution in [0.1, 0.15) is 29.4 Å². The van der Waals surface area contributed by atoms with Crippen LogP contribution in [0.2, 0.25) is 0 Å². The molecule has 1 unspecified atom stereocenters. The maximum Gasteiger partial charge on any atom is 0.175 e. The lowest BCUT2D eigenvalue weighted by atomic mass is 10.00. The molecular formula is C10H10Br2OS. The van der Waals surface area contributed by atoms with Crippen molar-refractivity contribution in [3.8, 4) is 0 Å². The van der Waals surface area contributed by atoms with Gasteiger partial charge in [0.25, 0.3) is 0 Å². The minimum atomic E-state index is 0.201. The summed E-state index contributed by atoms with van der Waals surface area (Å²) in [5, 5.41) is 0. The molecule has 0 amide bonds. The van der Waals surface area contributed by atoms with E-state index < -0.39 is 0 Å². The molecule has 1 fully saturated rings. The average Bonchev–Trinajstić information content (AvgIpc) is 2.93. The van der Waals surface area contributed by atoms with Crippen LogP contribution in [0.3, 0.4) is 0 Å². The lowest BCUT2D eigenvalue weighted by molar-refractivity contribution is 0.0920. The summed E-state index contributed by atoms with van der Waals surface area (Å²) in [5.41, 5.74) is 0. The second-order valence-corrected chi connectivity index (χ2v) is 6.95. The van der Waals surface area contributed by atoms with Gasteiger partial charge in [-0.05, 0) is 56.7 Å². The number of hydrogen-bond donors (Lipinski definition) is 0. The Morgan fingerprint density at radius 2 is 2.21 bits per heavy atom. The summed E-state index contributed by atoms with van der Waals surface area (Å²) in [6, 6.07) is 1.91.